The molecule has 4 nitrogen and oxygen atoms in total. The maximum absolute atomic E-state index is 12.7. The molecule has 2 fully saturated rings. The Bertz CT molecular complexity index is 463. The van der Waals surface area contributed by atoms with Crippen molar-refractivity contribution in [2.75, 3.05) is 19.7 Å². The van der Waals surface area contributed by atoms with Crippen LogP contribution in [0.5, 0.6) is 0 Å². The van der Waals surface area contributed by atoms with Gasteiger partial charge in [0.15, 0.2) is 0 Å². The molecule has 0 radical (unpaired) electrons. The average Bonchev–Trinajstić information content (AvgIpc) is 2.94. The summed E-state index contributed by atoms with van der Waals surface area (Å²) in [6, 6.07) is 10.2. The van der Waals surface area contributed by atoms with Crippen molar-refractivity contribution in [1.29, 1.82) is 0 Å². The Morgan fingerprint density at radius 1 is 1.25 bits per heavy atom. The van der Waals surface area contributed by atoms with Crippen LogP contribution in [-0.4, -0.2) is 36.5 Å². The van der Waals surface area contributed by atoms with E-state index in [2.05, 4.69) is 0 Å². The van der Waals surface area contributed by atoms with Crippen LogP contribution in [0.1, 0.15) is 30.9 Å². The molecule has 0 aromatic heterocycles. The number of carbonyl (C=O) groups is 1. The Kier molecular flexibility index (Phi) is 4.03. The van der Waals surface area contributed by atoms with Gasteiger partial charge in [-0.05, 0) is 24.8 Å². The number of hydrogen-bond acceptors (Lipinski definition) is 3. The number of rotatable bonds is 2. The van der Waals surface area contributed by atoms with E-state index in [1.54, 1.807) is 0 Å². The fraction of sp³-hybridized carbons (Fsp3) is 0.562. The third-order valence-electron chi connectivity index (χ3n) is 4.30. The summed E-state index contributed by atoms with van der Waals surface area (Å²) in [5.74, 6) is 0.156. The number of ether oxygens (including phenoxy) is 1. The number of benzene rings is 1. The van der Waals surface area contributed by atoms with Gasteiger partial charge in [0.25, 0.3) is 0 Å². The minimum atomic E-state index is -0.103. The molecule has 0 saturated carbocycles. The monoisotopic (exact) mass is 274 g/mol. The smallest absolute Gasteiger partial charge is 0.228 e. The molecule has 1 aromatic carbocycles. The van der Waals surface area contributed by atoms with Crippen molar-refractivity contribution in [2.24, 2.45) is 11.7 Å². The first-order chi connectivity index (χ1) is 9.75. The normalized spacial score (nSPS) is 30.4. The molecule has 1 aromatic rings. The lowest BCUT2D eigenvalue weighted by molar-refractivity contribution is -0.144. The SMILES string of the molecule is N[C@@H]1CCN(C(=O)C2CCCOC2c2ccccc2)C1. The van der Waals surface area contributed by atoms with E-state index in [4.69, 9.17) is 10.5 Å². The summed E-state index contributed by atoms with van der Waals surface area (Å²) >= 11 is 0. The van der Waals surface area contributed by atoms with E-state index in [0.29, 0.717) is 6.54 Å². The molecular weight excluding hydrogens is 252 g/mol. The highest BCUT2D eigenvalue weighted by Crippen LogP contribution is 2.35. The van der Waals surface area contributed by atoms with E-state index in [1.807, 2.05) is 35.2 Å². The van der Waals surface area contributed by atoms with Crippen LogP contribution in [0.2, 0.25) is 0 Å². The zero-order chi connectivity index (χ0) is 13.9. The van der Waals surface area contributed by atoms with Crippen molar-refractivity contribution < 1.29 is 9.53 Å². The maximum Gasteiger partial charge on any atom is 0.228 e. The number of amides is 1. The van der Waals surface area contributed by atoms with Crippen molar-refractivity contribution in [3.05, 3.63) is 35.9 Å². The Morgan fingerprint density at radius 2 is 2.05 bits per heavy atom. The van der Waals surface area contributed by atoms with Gasteiger partial charge in [-0.25, -0.2) is 0 Å². The van der Waals surface area contributed by atoms with Gasteiger partial charge in [0.2, 0.25) is 5.91 Å². The van der Waals surface area contributed by atoms with Crippen LogP contribution >= 0.6 is 0 Å². The van der Waals surface area contributed by atoms with Gasteiger partial charge in [-0.1, -0.05) is 30.3 Å². The Balaban J connectivity index is 1.77. The maximum atomic E-state index is 12.7. The van der Waals surface area contributed by atoms with E-state index in [9.17, 15) is 4.79 Å². The van der Waals surface area contributed by atoms with E-state index >= 15 is 0 Å². The highest BCUT2D eigenvalue weighted by atomic mass is 16.5. The minimum Gasteiger partial charge on any atom is -0.373 e. The summed E-state index contributed by atoms with van der Waals surface area (Å²) in [4.78, 5) is 14.6. The molecule has 0 aliphatic carbocycles. The van der Waals surface area contributed by atoms with Crippen molar-refractivity contribution in [3.8, 4) is 0 Å². The van der Waals surface area contributed by atoms with Crippen molar-refractivity contribution in [3.63, 3.8) is 0 Å². The summed E-state index contributed by atoms with van der Waals surface area (Å²) < 4.78 is 5.91. The van der Waals surface area contributed by atoms with E-state index in [-0.39, 0.29) is 24.0 Å². The predicted octanol–water partition coefficient (Wildman–Crippen LogP) is 1.71. The summed E-state index contributed by atoms with van der Waals surface area (Å²) in [5.41, 5.74) is 7.02. The highest BCUT2D eigenvalue weighted by molar-refractivity contribution is 5.80. The molecule has 3 rings (SSSR count). The summed E-state index contributed by atoms with van der Waals surface area (Å²) in [6.45, 7) is 2.22. The molecule has 4 heteroatoms. The van der Waals surface area contributed by atoms with Crippen LogP contribution in [0.15, 0.2) is 30.3 Å². The second kappa shape index (κ2) is 5.94. The zero-order valence-electron chi connectivity index (χ0n) is 11.7. The molecule has 2 heterocycles. The van der Waals surface area contributed by atoms with Crippen molar-refractivity contribution in [2.45, 2.75) is 31.4 Å². The molecule has 2 aliphatic heterocycles. The second-order valence-electron chi connectivity index (χ2n) is 5.78. The van der Waals surface area contributed by atoms with E-state index in [0.717, 1.165) is 38.0 Å². The lowest BCUT2D eigenvalue weighted by atomic mass is 9.88. The quantitative estimate of drug-likeness (QED) is 0.893. The van der Waals surface area contributed by atoms with Gasteiger partial charge >= 0.3 is 0 Å². The number of hydrogen-bond donors (Lipinski definition) is 1. The third-order valence-corrected chi connectivity index (χ3v) is 4.30. The fourth-order valence-electron chi connectivity index (χ4n) is 3.23. The van der Waals surface area contributed by atoms with Crippen LogP contribution in [0.4, 0.5) is 0 Å². The minimum absolute atomic E-state index is 0.0588. The van der Waals surface area contributed by atoms with Crippen LogP contribution in [0, 0.1) is 5.92 Å². The van der Waals surface area contributed by atoms with Crippen LogP contribution < -0.4 is 5.73 Å². The topological polar surface area (TPSA) is 55.6 Å². The lowest BCUT2D eigenvalue weighted by Gasteiger charge is -2.33. The van der Waals surface area contributed by atoms with E-state index < -0.39 is 0 Å². The average molecular weight is 274 g/mol. The molecule has 20 heavy (non-hydrogen) atoms. The van der Waals surface area contributed by atoms with Crippen LogP contribution in [0.3, 0.4) is 0 Å². The van der Waals surface area contributed by atoms with Crippen molar-refractivity contribution >= 4 is 5.91 Å². The molecule has 2 unspecified atom stereocenters. The number of likely N-dealkylation sites (tertiary alicyclic amines) is 1. The summed E-state index contributed by atoms with van der Waals surface area (Å²) in [5, 5.41) is 0. The van der Waals surface area contributed by atoms with Gasteiger partial charge in [0.1, 0.15) is 0 Å². The van der Waals surface area contributed by atoms with Gasteiger partial charge in [-0.2, -0.15) is 0 Å². The van der Waals surface area contributed by atoms with E-state index in [1.165, 1.54) is 0 Å². The molecule has 0 spiro atoms. The number of nitrogens with zero attached hydrogens (tertiary/aromatic N) is 1. The van der Waals surface area contributed by atoms with Gasteiger partial charge in [0, 0.05) is 25.7 Å². The fourth-order valence-corrected chi connectivity index (χ4v) is 3.23. The van der Waals surface area contributed by atoms with Crippen molar-refractivity contribution in [1.82, 2.24) is 4.90 Å². The molecule has 0 bridgehead atoms. The molecule has 2 aliphatic rings. The Hall–Kier alpha value is -1.39. The molecule has 3 atom stereocenters. The second-order valence-corrected chi connectivity index (χ2v) is 5.78. The standard InChI is InChI=1S/C16H22N2O2/c17-13-8-9-18(11-13)16(19)14-7-4-10-20-15(14)12-5-2-1-3-6-12/h1-3,5-6,13-15H,4,7-11,17H2/t13-,14?,15?/m1/s1. The summed E-state index contributed by atoms with van der Waals surface area (Å²) in [6.07, 6.45) is 2.67. The Labute approximate surface area is 119 Å². The third kappa shape index (κ3) is 2.72. The first kappa shape index (κ1) is 13.6. The molecule has 108 valence electrons. The predicted molar refractivity (Wildman–Crippen MR) is 77.0 cm³/mol. The highest BCUT2D eigenvalue weighted by Gasteiger charge is 2.37. The number of carbonyl (C=O) groups excluding carboxylic acids is 1. The lowest BCUT2D eigenvalue weighted by Crippen LogP contribution is -2.40. The van der Waals surface area contributed by atoms with Gasteiger partial charge in [-0.3, -0.25) is 4.79 Å². The largest absolute Gasteiger partial charge is 0.373 e. The van der Waals surface area contributed by atoms with Gasteiger partial charge in [-0.15, -0.1) is 0 Å². The summed E-state index contributed by atoms with van der Waals surface area (Å²) in [7, 11) is 0. The number of nitrogens with two attached hydrogens (primary N) is 1. The molecule has 2 saturated heterocycles. The molecular formula is C16H22N2O2. The molecule has 2 N–H and O–H groups in total. The van der Waals surface area contributed by atoms with Crippen LogP contribution in [0.25, 0.3) is 0 Å². The zero-order valence-corrected chi connectivity index (χ0v) is 11.7. The first-order valence-electron chi connectivity index (χ1n) is 7.46. The van der Waals surface area contributed by atoms with Gasteiger partial charge in [0.05, 0.1) is 12.0 Å². The van der Waals surface area contributed by atoms with Gasteiger partial charge < -0.3 is 15.4 Å². The molecule has 1 amide bonds. The first-order valence-corrected chi connectivity index (χ1v) is 7.46. The Morgan fingerprint density at radius 3 is 2.75 bits per heavy atom. The van der Waals surface area contributed by atoms with Crippen LogP contribution in [-0.2, 0) is 9.53 Å².